The third kappa shape index (κ3) is 2.56. The molecule has 0 saturated carbocycles. The van der Waals surface area contributed by atoms with Gasteiger partial charge in [-0.2, -0.15) is 0 Å². The summed E-state index contributed by atoms with van der Waals surface area (Å²) in [6, 6.07) is 4.50. The van der Waals surface area contributed by atoms with Gasteiger partial charge in [-0.25, -0.2) is 4.98 Å². The molecule has 2 nitrogen and oxygen atoms in total. The van der Waals surface area contributed by atoms with Crippen molar-refractivity contribution in [2.75, 3.05) is 0 Å². The molecule has 0 N–H and O–H groups in total. The van der Waals surface area contributed by atoms with Crippen LogP contribution in [0.2, 0.25) is 16.6 Å². The maximum Gasteiger partial charge on any atom is 0.171 e. The first kappa shape index (κ1) is 17.0. The van der Waals surface area contributed by atoms with E-state index in [2.05, 4.69) is 70.7 Å². The van der Waals surface area contributed by atoms with E-state index >= 15 is 0 Å². The Bertz CT molecular complexity index is 631. The molecule has 2 heterocycles. The van der Waals surface area contributed by atoms with E-state index in [0.717, 1.165) is 12.1 Å². The second-order valence-electron chi connectivity index (χ2n) is 7.29. The normalized spacial score (nSPS) is 12.8. The topological polar surface area (TPSA) is 17.8 Å². The first-order valence-corrected chi connectivity index (χ1v) is 10.6. The quantitative estimate of drug-likeness (QED) is 0.487. The molecule has 0 amide bonds. The third-order valence-electron chi connectivity index (χ3n) is 5.15. The van der Waals surface area contributed by atoms with Crippen molar-refractivity contribution < 1.29 is 0 Å². The summed E-state index contributed by atoms with van der Waals surface area (Å²) in [5.41, 5.74) is 4.44. The van der Waals surface area contributed by atoms with E-state index in [1.54, 1.807) is 0 Å². The number of allylic oxidation sites excluding steroid dienone is 1. The van der Waals surface area contributed by atoms with E-state index in [0.29, 0.717) is 16.6 Å². The highest BCUT2D eigenvalue weighted by Crippen LogP contribution is 2.43. The first-order chi connectivity index (χ1) is 10.4. The zero-order valence-corrected chi connectivity index (χ0v) is 15.9. The van der Waals surface area contributed by atoms with Crippen molar-refractivity contribution in [3.8, 4) is 0 Å². The molecule has 0 radical (unpaired) electrons. The minimum absolute atomic E-state index is 0.678. The average molecular weight is 315 g/mol. The number of pyridine rings is 1. The molecule has 2 aromatic rings. The summed E-state index contributed by atoms with van der Waals surface area (Å²) in [7, 11) is -1.72. The SMILES string of the molecule is C=CCc1cnc2c(ccn2[Si](C(C)C)(C(C)C)C(C)C)c1. The van der Waals surface area contributed by atoms with Crippen LogP contribution in [-0.4, -0.2) is 17.5 Å². The van der Waals surface area contributed by atoms with Crippen molar-refractivity contribution in [2.45, 2.75) is 64.6 Å². The number of hydrogen-bond donors (Lipinski definition) is 0. The Balaban J connectivity index is 2.67. The molecule has 0 fully saturated rings. The van der Waals surface area contributed by atoms with E-state index in [9.17, 15) is 0 Å². The van der Waals surface area contributed by atoms with Crippen LogP contribution >= 0.6 is 0 Å². The van der Waals surface area contributed by atoms with Gasteiger partial charge in [0.05, 0.1) is 0 Å². The van der Waals surface area contributed by atoms with Crippen LogP contribution in [0.1, 0.15) is 47.1 Å². The third-order valence-corrected chi connectivity index (χ3v) is 11.9. The molecule has 0 aliphatic carbocycles. The molecule has 2 aromatic heterocycles. The maximum absolute atomic E-state index is 4.82. The average Bonchev–Trinajstić information content (AvgIpc) is 2.82. The summed E-state index contributed by atoms with van der Waals surface area (Å²) in [6.07, 6.45) is 7.13. The summed E-state index contributed by atoms with van der Waals surface area (Å²) in [6.45, 7) is 18.2. The molecule has 3 heteroatoms. The molecule has 0 aliphatic rings. The molecular weight excluding hydrogens is 284 g/mol. The fraction of sp³-hybridized carbons (Fsp3) is 0.526. The molecule has 0 aromatic carbocycles. The Labute approximate surface area is 136 Å². The number of aromatic nitrogens is 2. The van der Waals surface area contributed by atoms with E-state index in [1.807, 2.05) is 12.3 Å². The van der Waals surface area contributed by atoms with E-state index in [4.69, 9.17) is 4.98 Å². The van der Waals surface area contributed by atoms with Gasteiger partial charge in [-0.1, -0.05) is 47.6 Å². The summed E-state index contributed by atoms with van der Waals surface area (Å²) in [4.78, 5) is 4.82. The van der Waals surface area contributed by atoms with Gasteiger partial charge < -0.3 is 4.23 Å². The largest absolute Gasteiger partial charge is 0.359 e. The van der Waals surface area contributed by atoms with Crippen LogP contribution in [0.25, 0.3) is 11.0 Å². The predicted octanol–water partition coefficient (Wildman–Crippen LogP) is 5.79. The van der Waals surface area contributed by atoms with Gasteiger partial charge in [-0.3, -0.25) is 0 Å². The van der Waals surface area contributed by atoms with Crippen molar-refractivity contribution in [1.82, 2.24) is 9.22 Å². The van der Waals surface area contributed by atoms with Gasteiger partial charge in [-0.15, -0.1) is 6.58 Å². The van der Waals surface area contributed by atoms with Crippen molar-refractivity contribution >= 4 is 19.3 Å². The van der Waals surface area contributed by atoms with Gasteiger partial charge in [-0.05, 0) is 46.9 Å². The van der Waals surface area contributed by atoms with Gasteiger partial charge in [0.2, 0.25) is 0 Å². The lowest BCUT2D eigenvalue weighted by Gasteiger charge is -2.44. The lowest BCUT2D eigenvalue weighted by Crippen LogP contribution is -2.51. The summed E-state index contributed by atoms with van der Waals surface area (Å²) in [5, 5.41) is 1.26. The Morgan fingerprint density at radius 2 is 1.73 bits per heavy atom. The second kappa shape index (κ2) is 6.41. The molecule has 22 heavy (non-hydrogen) atoms. The fourth-order valence-electron chi connectivity index (χ4n) is 4.49. The van der Waals surface area contributed by atoms with Crippen molar-refractivity contribution in [3.63, 3.8) is 0 Å². The van der Waals surface area contributed by atoms with E-state index in [1.165, 1.54) is 10.9 Å². The van der Waals surface area contributed by atoms with Crippen molar-refractivity contribution in [3.05, 3.63) is 42.7 Å². The molecule has 0 bridgehead atoms. The lowest BCUT2D eigenvalue weighted by atomic mass is 10.2. The standard InChI is InChI=1S/C19H30N2Si/c1-8-9-17-12-18-10-11-21(19(18)20-13-17)22(14(2)3,15(4)5)16(6)7/h8,10-16H,1,9H2,2-7H3. The van der Waals surface area contributed by atoms with Crippen molar-refractivity contribution in [2.24, 2.45) is 0 Å². The van der Waals surface area contributed by atoms with Crippen LogP contribution in [0.15, 0.2) is 37.2 Å². The zero-order chi connectivity index (χ0) is 16.5. The highest BCUT2D eigenvalue weighted by molar-refractivity contribution is 6.82. The molecule has 0 unspecified atom stereocenters. The summed E-state index contributed by atoms with van der Waals surface area (Å²) in [5.74, 6) is 0. The summed E-state index contributed by atoms with van der Waals surface area (Å²) < 4.78 is 2.57. The van der Waals surface area contributed by atoms with E-state index < -0.39 is 8.24 Å². The molecule has 0 saturated heterocycles. The minimum Gasteiger partial charge on any atom is -0.359 e. The van der Waals surface area contributed by atoms with Crippen molar-refractivity contribution in [1.29, 1.82) is 0 Å². The second-order valence-corrected chi connectivity index (χ2v) is 13.0. The zero-order valence-electron chi connectivity index (χ0n) is 14.9. The fourth-order valence-corrected chi connectivity index (χ4v) is 11.1. The molecule has 120 valence electrons. The molecule has 0 atom stereocenters. The van der Waals surface area contributed by atoms with Gasteiger partial charge in [0, 0.05) is 11.6 Å². The molecule has 2 rings (SSSR count). The smallest absolute Gasteiger partial charge is 0.171 e. The number of hydrogen-bond acceptors (Lipinski definition) is 1. The van der Waals surface area contributed by atoms with Crippen LogP contribution < -0.4 is 0 Å². The highest BCUT2D eigenvalue weighted by atomic mass is 28.3. The van der Waals surface area contributed by atoms with Crippen LogP contribution in [0, 0.1) is 0 Å². The van der Waals surface area contributed by atoms with Gasteiger partial charge in [0.25, 0.3) is 0 Å². The van der Waals surface area contributed by atoms with Crippen LogP contribution in [0.3, 0.4) is 0 Å². The van der Waals surface area contributed by atoms with Crippen LogP contribution in [0.5, 0.6) is 0 Å². The van der Waals surface area contributed by atoms with Crippen LogP contribution in [0.4, 0.5) is 0 Å². The van der Waals surface area contributed by atoms with Gasteiger partial charge >= 0.3 is 0 Å². The van der Waals surface area contributed by atoms with Gasteiger partial charge in [0.1, 0.15) is 5.65 Å². The Hall–Kier alpha value is -1.35. The maximum atomic E-state index is 4.82. The summed E-state index contributed by atoms with van der Waals surface area (Å²) >= 11 is 0. The lowest BCUT2D eigenvalue weighted by molar-refractivity contribution is 0.770. The molecular formula is C19H30N2Si. The molecule has 0 spiro atoms. The first-order valence-electron chi connectivity index (χ1n) is 8.43. The van der Waals surface area contributed by atoms with Gasteiger partial charge in [0.15, 0.2) is 8.24 Å². The minimum atomic E-state index is -1.72. The number of rotatable bonds is 6. The predicted molar refractivity (Wildman–Crippen MR) is 100 cm³/mol. The Morgan fingerprint density at radius 1 is 1.14 bits per heavy atom. The number of nitrogens with zero attached hydrogens (tertiary/aromatic N) is 2. The molecule has 0 aliphatic heterocycles. The number of fused-ring (bicyclic) bond motifs is 1. The highest BCUT2D eigenvalue weighted by Gasteiger charge is 2.45. The monoisotopic (exact) mass is 314 g/mol. The Morgan fingerprint density at radius 3 is 2.23 bits per heavy atom. The van der Waals surface area contributed by atoms with Crippen LogP contribution in [-0.2, 0) is 6.42 Å². The van der Waals surface area contributed by atoms with E-state index in [-0.39, 0.29) is 0 Å². The Kier molecular flexibility index (Phi) is 4.96.